The molecule has 4 heteroatoms. The minimum atomic E-state index is 0.155. The fraction of sp³-hybridized carbons (Fsp3) is 0.462. The van der Waals surface area contributed by atoms with E-state index in [4.69, 9.17) is 15.7 Å². The first-order chi connectivity index (χ1) is 8.20. The Kier molecular flexibility index (Phi) is 3.50. The molecule has 1 aliphatic rings. The first kappa shape index (κ1) is 11.7. The lowest BCUT2D eigenvalue weighted by atomic mass is 10.1. The van der Waals surface area contributed by atoms with Crippen molar-refractivity contribution in [3.8, 4) is 11.8 Å². The Morgan fingerprint density at radius 2 is 2.35 bits per heavy atom. The zero-order chi connectivity index (χ0) is 12.3. The van der Waals surface area contributed by atoms with Gasteiger partial charge in [0.1, 0.15) is 23.5 Å². The molecule has 2 rings (SSSR count). The van der Waals surface area contributed by atoms with Crippen LogP contribution in [0.4, 0.5) is 5.69 Å². The number of nitrogens with two attached hydrogens (primary N) is 1. The molecule has 1 saturated heterocycles. The predicted octanol–water partition coefficient (Wildman–Crippen LogP) is 1.61. The van der Waals surface area contributed by atoms with Gasteiger partial charge in [-0.05, 0) is 38.6 Å². The van der Waals surface area contributed by atoms with Crippen LogP contribution in [0.25, 0.3) is 0 Å². The van der Waals surface area contributed by atoms with Crippen molar-refractivity contribution in [2.75, 3.05) is 25.9 Å². The first-order valence-electron chi connectivity index (χ1n) is 5.84. The second-order valence-corrected chi connectivity index (χ2v) is 4.48. The van der Waals surface area contributed by atoms with Crippen LogP contribution in [0, 0.1) is 11.3 Å². The summed E-state index contributed by atoms with van der Waals surface area (Å²) < 4.78 is 5.88. The van der Waals surface area contributed by atoms with E-state index in [1.807, 2.05) is 12.1 Å². The molecule has 1 fully saturated rings. The van der Waals surface area contributed by atoms with Crippen LogP contribution in [0.3, 0.4) is 0 Å². The van der Waals surface area contributed by atoms with Crippen LogP contribution in [0.15, 0.2) is 18.2 Å². The maximum atomic E-state index is 9.06. The molecule has 0 bridgehead atoms. The number of likely N-dealkylation sites (N-methyl/N-ethyl adjacent to an activating group) is 1. The van der Waals surface area contributed by atoms with E-state index in [2.05, 4.69) is 18.0 Å². The molecule has 0 saturated carbocycles. The number of nitrogens with zero attached hydrogens (tertiary/aromatic N) is 2. The van der Waals surface area contributed by atoms with Gasteiger partial charge in [0.05, 0.1) is 5.69 Å². The molecule has 0 amide bonds. The molecule has 0 spiro atoms. The summed E-state index contributed by atoms with van der Waals surface area (Å²) in [5.74, 6) is 0.604. The van der Waals surface area contributed by atoms with E-state index in [0.717, 1.165) is 25.9 Å². The molecule has 0 radical (unpaired) electrons. The zero-order valence-electron chi connectivity index (χ0n) is 10.0. The summed E-state index contributed by atoms with van der Waals surface area (Å²) in [5.41, 5.74) is 6.68. The number of hydrogen-bond donors (Lipinski definition) is 1. The average molecular weight is 231 g/mol. The lowest BCUT2D eigenvalue weighted by Gasteiger charge is -2.30. The highest BCUT2D eigenvalue weighted by Gasteiger charge is 2.20. The smallest absolute Gasteiger partial charge is 0.139 e. The lowest BCUT2D eigenvalue weighted by molar-refractivity contribution is 0.104. The zero-order valence-corrected chi connectivity index (χ0v) is 10.0. The Hall–Kier alpha value is -1.73. The highest BCUT2D eigenvalue weighted by atomic mass is 16.5. The van der Waals surface area contributed by atoms with Crippen molar-refractivity contribution in [1.82, 2.24) is 4.90 Å². The standard InChI is InChI=1S/C13H17N3O/c1-16-7-3-4-10(9-16)17-13-6-2-5-12(15)11(13)8-14/h2,5-6,10H,3-4,7,9,15H2,1H3/t10-/m0/s1. The molecule has 1 aliphatic heterocycles. The number of hydrogen-bond acceptors (Lipinski definition) is 4. The number of piperidine rings is 1. The third-order valence-electron chi connectivity index (χ3n) is 3.05. The molecule has 0 aliphatic carbocycles. The summed E-state index contributed by atoms with van der Waals surface area (Å²) >= 11 is 0. The molecule has 4 nitrogen and oxygen atoms in total. The molecule has 1 aromatic carbocycles. The van der Waals surface area contributed by atoms with Crippen molar-refractivity contribution in [1.29, 1.82) is 5.26 Å². The summed E-state index contributed by atoms with van der Waals surface area (Å²) in [6.07, 6.45) is 2.32. The number of ether oxygens (including phenoxy) is 1. The van der Waals surface area contributed by atoms with E-state index < -0.39 is 0 Å². The second-order valence-electron chi connectivity index (χ2n) is 4.48. The van der Waals surface area contributed by atoms with Crippen molar-refractivity contribution >= 4 is 5.69 Å². The average Bonchev–Trinajstić information content (AvgIpc) is 2.29. The molecule has 17 heavy (non-hydrogen) atoms. The van der Waals surface area contributed by atoms with E-state index in [-0.39, 0.29) is 6.10 Å². The minimum Gasteiger partial charge on any atom is -0.488 e. The van der Waals surface area contributed by atoms with E-state index in [0.29, 0.717) is 17.0 Å². The summed E-state index contributed by atoms with van der Waals surface area (Å²) in [4.78, 5) is 2.24. The minimum absolute atomic E-state index is 0.155. The van der Waals surface area contributed by atoms with Gasteiger partial charge in [-0.1, -0.05) is 6.07 Å². The van der Waals surface area contributed by atoms with Gasteiger partial charge in [-0.15, -0.1) is 0 Å². The lowest BCUT2D eigenvalue weighted by Crippen LogP contribution is -2.38. The summed E-state index contributed by atoms with van der Waals surface area (Å²) in [6, 6.07) is 7.45. The van der Waals surface area contributed by atoms with E-state index in [1.165, 1.54) is 0 Å². The van der Waals surface area contributed by atoms with Gasteiger partial charge in [-0.2, -0.15) is 5.26 Å². The molecular weight excluding hydrogens is 214 g/mol. The van der Waals surface area contributed by atoms with Gasteiger partial charge in [0.15, 0.2) is 0 Å². The maximum Gasteiger partial charge on any atom is 0.139 e. The van der Waals surface area contributed by atoms with Crippen LogP contribution in [-0.2, 0) is 0 Å². The third kappa shape index (κ3) is 2.69. The van der Waals surface area contributed by atoms with Gasteiger partial charge in [-0.25, -0.2) is 0 Å². The van der Waals surface area contributed by atoms with Gasteiger partial charge < -0.3 is 15.4 Å². The molecular formula is C13H17N3O. The molecule has 2 N–H and O–H groups in total. The largest absolute Gasteiger partial charge is 0.488 e. The van der Waals surface area contributed by atoms with E-state index in [1.54, 1.807) is 6.07 Å². The van der Waals surface area contributed by atoms with Gasteiger partial charge in [0.25, 0.3) is 0 Å². The highest BCUT2D eigenvalue weighted by Crippen LogP contribution is 2.26. The number of benzene rings is 1. The fourth-order valence-corrected chi connectivity index (χ4v) is 2.16. The number of rotatable bonds is 2. The Balaban J connectivity index is 2.13. The van der Waals surface area contributed by atoms with Crippen molar-refractivity contribution in [2.24, 2.45) is 0 Å². The normalized spacial score (nSPS) is 20.8. The SMILES string of the molecule is CN1CCC[C@H](Oc2cccc(N)c2C#N)C1. The van der Waals surface area contributed by atoms with Crippen molar-refractivity contribution in [3.63, 3.8) is 0 Å². The van der Waals surface area contributed by atoms with Crippen molar-refractivity contribution in [3.05, 3.63) is 23.8 Å². The number of nitrogen functional groups attached to an aromatic ring is 1. The van der Waals surface area contributed by atoms with Crippen LogP contribution in [0.2, 0.25) is 0 Å². The van der Waals surface area contributed by atoms with Gasteiger partial charge in [0, 0.05) is 6.54 Å². The second kappa shape index (κ2) is 5.07. The summed E-state index contributed by atoms with van der Waals surface area (Å²) in [7, 11) is 2.08. The van der Waals surface area contributed by atoms with Crippen LogP contribution >= 0.6 is 0 Å². The summed E-state index contributed by atoms with van der Waals surface area (Å²) in [6.45, 7) is 2.02. The summed E-state index contributed by atoms with van der Waals surface area (Å²) in [5, 5.41) is 9.06. The van der Waals surface area contributed by atoms with Crippen molar-refractivity contribution < 1.29 is 4.74 Å². The topological polar surface area (TPSA) is 62.3 Å². The first-order valence-corrected chi connectivity index (χ1v) is 5.84. The van der Waals surface area contributed by atoms with E-state index in [9.17, 15) is 0 Å². The van der Waals surface area contributed by atoms with Crippen LogP contribution in [0.1, 0.15) is 18.4 Å². The third-order valence-corrected chi connectivity index (χ3v) is 3.05. The van der Waals surface area contributed by atoms with Crippen LogP contribution < -0.4 is 10.5 Å². The predicted molar refractivity (Wildman–Crippen MR) is 66.7 cm³/mol. The van der Waals surface area contributed by atoms with Gasteiger partial charge in [0.2, 0.25) is 0 Å². The fourth-order valence-electron chi connectivity index (χ4n) is 2.16. The molecule has 1 aromatic rings. The number of likely N-dealkylation sites (tertiary alicyclic amines) is 1. The number of anilines is 1. The van der Waals surface area contributed by atoms with Gasteiger partial charge in [-0.3, -0.25) is 0 Å². The Morgan fingerprint density at radius 1 is 1.53 bits per heavy atom. The quantitative estimate of drug-likeness (QED) is 0.785. The molecule has 90 valence electrons. The Morgan fingerprint density at radius 3 is 3.06 bits per heavy atom. The monoisotopic (exact) mass is 231 g/mol. The van der Waals surface area contributed by atoms with Gasteiger partial charge >= 0.3 is 0 Å². The van der Waals surface area contributed by atoms with Crippen LogP contribution in [0.5, 0.6) is 5.75 Å². The van der Waals surface area contributed by atoms with Crippen molar-refractivity contribution in [2.45, 2.75) is 18.9 Å². The maximum absolute atomic E-state index is 9.06. The number of nitriles is 1. The molecule has 0 unspecified atom stereocenters. The highest BCUT2D eigenvalue weighted by molar-refractivity contribution is 5.60. The van der Waals surface area contributed by atoms with E-state index >= 15 is 0 Å². The van der Waals surface area contributed by atoms with Crippen LogP contribution in [-0.4, -0.2) is 31.1 Å². The Bertz CT molecular complexity index is 439. The molecule has 1 atom stereocenters. The Labute approximate surface area is 102 Å². The molecule has 0 aromatic heterocycles. The molecule has 1 heterocycles.